The molecule has 0 fully saturated rings. The molecule has 27 heavy (non-hydrogen) atoms. The van der Waals surface area contributed by atoms with Gasteiger partial charge in [0.25, 0.3) is 0 Å². The number of hydrogen-bond donors (Lipinski definition) is 0. The van der Waals surface area contributed by atoms with Crippen LogP contribution in [0.25, 0.3) is 0 Å². The molecule has 0 unspecified atom stereocenters. The van der Waals surface area contributed by atoms with Gasteiger partial charge < -0.3 is 14.2 Å². The summed E-state index contributed by atoms with van der Waals surface area (Å²) in [5.41, 5.74) is 2.18. The summed E-state index contributed by atoms with van der Waals surface area (Å²) < 4.78 is 17.5. The van der Waals surface area contributed by atoms with E-state index in [4.69, 9.17) is 60.6 Å². The van der Waals surface area contributed by atoms with Gasteiger partial charge in [-0.25, -0.2) is 0 Å². The summed E-state index contributed by atoms with van der Waals surface area (Å²) >= 11 is 22.2. The zero-order valence-corrected chi connectivity index (χ0v) is 18.7. The van der Waals surface area contributed by atoms with Crippen LogP contribution in [0.1, 0.15) is 37.3 Å². The van der Waals surface area contributed by atoms with Crippen LogP contribution in [0.5, 0.6) is 11.5 Å². The highest BCUT2D eigenvalue weighted by atomic mass is 35.5. The van der Waals surface area contributed by atoms with Gasteiger partial charge in [0.15, 0.2) is 0 Å². The summed E-state index contributed by atoms with van der Waals surface area (Å²) in [6, 6.07) is 3.97. The molecule has 0 spiro atoms. The third-order valence-corrected chi connectivity index (χ3v) is 4.35. The van der Waals surface area contributed by atoms with Crippen molar-refractivity contribution in [1.29, 1.82) is 0 Å². The van der Waals surface area contributed by atoms with E-state index in [1.807, 2.05) is 19.1 Å². The fourth-order valence-corrected chi connectivity index (χ4v) is 2.68. The Hall–Kier alpha value is -0.580. The van der Waals surface area contributed by atoms with Crippen molar-refractivity contribution in [2.45, 2.75) is 39.5 Å². The standard InChI is InChI=1S/C20H26Cl4O3/c1-3-16-14-17(26-12-8-19(23)24)13-15(2)20(16)27-10-6-4-5-9-25-11-7-18(21)22/h7-8,13-14H,3-6,9-12H2,1-2H3. The van der Waals surface area contributed by atoms with Crippen molar-refractivity contribution >= 4 is 46.4 Å². The number of hydrogen-bond acceptors (Lipinski definition) is 3. The minimum atomic E-state index is 0.201. The Bertz CT molecular complexity index is 622. The molecule has 0 aliphatic heterocycles. The summed E-state index contributed by atoms with van der Waals surface area (Å²) in [6.07, 6.45) is 7.08. The van der Waals surface area contributed by atoms with Crippen LogP contribution in [0, 0.1) is 6.92 Å². The van der Waals surface area contributed by atoms with Gasteiger partial charge in [0, 0.05) is 6.61 Å². The van der Waals surface area contributed by atoms with Crippen molar-refractivity contribution in [3.63, 3.8) is 0 Å². The van der Waals surface area contributed by atoms with Crippen molar-refractivity contribution in [2.75, 3.05) is 26.4 Å². The molecule has 1 rings (SSSR count). The highest BCUT2D eigenvalue weighted by Crippen LogP contribution is 2.30. The predicted octanol–water partition coefficient (Wildman–Crippen LogP) is 7.14. The Morgan fingerprint density at radius 1 is 0.889 bits per heavy atom. The molecule has 0 saturated heterocycles. The van der Waals surface area contributed by atoms with E-state index in [0.29, 0.717) is 26.4 Å². The van der Waals surface area contributed by atoms with Gasteiger partial charge in [-0.15, -0.1) is 0 Å². The Morgan fingerprint density at radius 3 is 2.22 bits per heavy atom. The largest absolute Gasteiger partial charge is 0.493 e. The van der Waals surface area contributed by atoms with Crippen LogP contribution < -0.4 is 9.47 Å². The molecule has 0 bridgehead atoms. The van der Waals surface area contributed by atoms with Gasteiger partial charge in [0.1, 0.15) is 27.1 Å². The highest BCUT2D eigenvalue weighted by molar-refractivity contribution is 6.56. The molecule has 0 aromatic heterocycles. The van der Waals surface area contributed by atoms with Crippen molar-refractivity contribution in [3.05, 3.63) is 44.4 Å². The number of aryl methyl sites for hydroxylation is 2. The minimum absolute atomic E-state index is 0.201. The fraction of sp³-hybridized carbons (Fsp3) is 0.500. The monoisotopic (exact) mass is 454 g/mol. The van der Waals surface area contributed by atoms with E-state index in [2.05, 4.69) is 6.92 Å². The molecule has 152 valence electrons. The molecular formula is C20H26Cl4O3. The lowest BCUT2D eigenvalue weighted by molar-refractivity contribution is 0.155. The van der Waals surface area contributed by atoms with Gasteiger partial charge in [-0.2, -0.15) is 0 Å². The maximum absolute atomic E-state index is 6.02. The molecule has 0 radical (unpaired) electrons. The zero-order chi connectivity index (χ0) is 20.1. The van der Waals surface area contributed by atoms with Crippen molar-refractivity contribution < 1.29 is 14.2 Å². The Kier molecular flexibility index (Phi) is 13.1. The van der Waals surface area contributed by atoms with Gasteiger partial charge >= 0.3 is 0 Å². The highest BCUT2D eigenvalue weighted by Gasteiger charge is 2.09. The molecule has 7 heteroatoms. The first kappa shape index (κ1) is 24.5. The van der Waals surface area contributed by atoms with Gasteiger partial charge in [-0.05, 0) is 68.0 Å². The number of halogens is 4. The van der Waals surface area contributed by atoms with Crippen molar-refractivity contribution in [3.8, 4) is 11.5 Å². The van der Waals surface area contributed by atoms with E-state index >= 15 is 0 Å². The lowest BCUT2D eigenvalue weighted by atomic mass is 10.1. The Morgan fingerprint density at radius 2 is 1.56 bits per heavy atom. The van der Waals surface area contributed by atoms with Gasteiger partial charge in [0.2, 0.25) is 0 Å². The third kappa shape index (κ3) is 11.1. The molecule has 0 amide bonds. The lowest BCUT2D eigenvalue weighted by Gasteiger charge is -2.15. The first-order chi connectivity index (χ1) is 12.9. The van der Waals surface area contributed by atoms with Crippen LogP contribution in [-0.4, -0.2) is 26.4 Å². The molecule has 3 nitrogen and oxygen atoms in total. The summed E-state index contributed by atoms with van der Waals surface area (Å²) in [5, 5.41) is 0. The Labute approximate surface area is 182 Å². The second kappa shape index (κ2) is 14.4. The van der Waals surface area contributed by atoms with Crippen LogP contribution in [0.15, 0.2) is 33.3 Å². The maximum atomic E-state index is 6.02. The second-order valence-electron chi connectivity index (χ2n) is 5.86. The third-order valence-electron chi connectivity index (χ3n) is 3.73. The van der Waals surface area contributed by atoms with Crippen molar-refractivity contribution in [1.82, 2.24) is 0 Å². The van der Waals surface area contributed by atoms with E-state index < -0.39 is 0 Å². The van der Waals surface area contributed by atoms with Gasteiger partial charge in [-0.1, -0.05) is 53.3 Å². The number of benzene rings is 1. The molecule has 0 saturated carbocycles. The molecular weight excluding hydrogens is 430 g/mol. The summed E-state index contributed by atoms with van der Waals surface area (Å²) in [6.45, 7) is 6.25. The molecule has 0 atom stereocenters. The van der Waals surface area contributed by atoms with Crippen molar-refractivity contribution in [2.24, 2.45) is 0 Å². The second-order valence-corrected chi connectivity index (χ2v) is 7.88. The molecule has 0 aliphatic rings. The molecule has 0 heterocycles. The average molecular weight is 456 g/mol. The number of rotatable bonds is 13. The summed E-state index contributed by atoms with van der Waals surface area (Å²) in [7, 11) is 0. The van der Waals surface area contributed by atoms with Crippen LogP contribution >= 0.6 is 46.4 Å². The first-order valence-corrected chi connectivity index (χ1v) is 10.4. The smallest absolute Gasteiger partial charge is 0.125 e. The summed E-state index contributed by atoms with van der Waals surface area (Å²) in [5.74, 6) is 1.72. The predicted molar refractivity (Wildman–Crippen MR) is 116 cm³/mol. The van der Waals surface area contributed by atoms with E-state index in [-0.39, 0.29) is 8.98 Å². The molecule has 1 aromatic rings. The van der Waals surface area contributed by atoms with Crippen LogP contribution in [-0.2, 0) is 11.2 Å². The maximum Gasteiger partial charge on any atom is 0.125 e. The minimum Gasteiger partial charge on any atom is -0.493 e. The normalized spacial score (nSPS) is 10.4. The van der Waals surface area contributed by atoms with Crippen LogP contribution in [0.3, 0.4) is 0 Å². The zero-order valence-electron chi connectivity index (χ0n) is 15.7. The van der Waals surface area contributed by atoms with E-state index in [1.165, 1.54) is 0 Å². The topological polar surface area (TPSA) is 27.7 Å². The van der Waals surface area contributed by atoms with Crippen LogP contribution in [0.4, 0.5) is 0 Å². The lowest BCUT2D eigenvalue weighted by Crippen LogP contribution is -2.04. The van der Waals surface area contributed by atoms with E-state index in [1.54, 1.807) is 12.2 Å². The van der Waals surface area contributed by atoms with E-state index in [9.17, 15) is 0 Å². The van der Waals surface area contributed by atoms with E-state index in [0.717, 1.165) is 48.3 Å². The van der Waals surface area contributed by atoms with Gasteiger partial charge in [0.05, 0.1) is 13.2 Å². The summed E-state index contributed by atoms with van der Waals surface area (Å²) in [4.78, 5) is 0. The molecule has 0 aliphatic carbocycles. The average Bonchev–Trinajstić information content (AvgIpc) is 2.60. The number of unbranched alkanes of at least 4 members (excludes halogenated alkanes) is 2. The quantitative estimate of drug-likeness (QED) is 0.296. The SMILES string of the molecule is CCc1cc(OCC=C(Cl)Cl)cc(C)c1OCCCCCOCC=C(Cl)Cl. The Balaban J connectivity index is 2.39. The molecule has 1 aromatic carbocycles. The fourth-order valence-electron chi connectivity index (χ4n) is 2.43. The molecule has 0 N–H and O–H groups in total. The van der Waals surface area contributed by atoms with Gasteiger partial charge in [-0.3, -0.25) is 0 Å². The van der Waals surface area contributed by atoms with Crippen LogP contribution in [0.2, 0.25) is 0 Å². The number of ether oxygens (including phenoxy) is 3. The first-order valence-electron chi connectivity index (χ1n) is 8.93.